The first-order valence-electron chi connectivity index (χ1n) is 9.95. The molecule has 0 radical (unpaired) electrons. The summed E-state index contributed by atoms with van der Waals surface area (Å²) in [6.07, 6.45) is 0.854. The highest BCUT2D eigenvalue weighted by atomic mass is 19.3. The van der Waals surface area contributed by atoms with Crippen LogP contribution in [0.4, 0.5) is 31.1 Å². The topological polar surface area (TPSA) is 97.7 Å². The van der Waals surface area contributed by atoms with E-state index in [1.807, 2.05) is 19.9 Å². The molecule has 0 aliphatic heterocycles. The number of alkyl halides is 2. The number of hydrogen-bond donors (Lipinski definition) is 2. The molecule has 0 amide bonds. The molecule has 1 aliphatic rings. The average molecular weight is 447 g/mol. The summed E-state index contributed by atoms with van der Waals surface area (Å²) >= 11 is 0. The Bertz CT molecular complexity index is 1080. The standard InChI is InChI=1S/C21H23F2N7O.FH/c1-12(2)25-19-28-18(15-6-4-5-14(27-15)17(22)23)29-20(30-19)26-13-7-10-24-16(11-13)21(31-3)8-9-21;/h4-7,10-12,17H,8-9H2,1-3H3,(H2,24,25,26,28,29,30);1H. The summed E-state index contributed by atoms with van der Waals surface area (Å²) in [5.41, 5.74) is 1.14. The number of nitrogens with zero attached hydrogens (tertiary/aromatic N) is 5. The van der Waals surface area contributed by atoms with Gasteiger partial charge in [-0.05, 0) is 51.0 Å². The molecule has 4 rings (SSSR count). The normalized spacial score (nSPS) is 14.2. The van der Waals surface area contributed by atoms with Crippen LogP contribution in [0.15, 0.2) is 36.5 Å². The van der Waals surface area contributed by atoms with Gasteiger partial charge in [0.15, 0.2) is 5.82 Å². The number of methoxy groups -OCH3 is 1. The van der Waals surface area contributed by atoms with Crippen LogP contribution in [-0.4, -0.2) is 38.1 Å². The van der Waals surface area contributed by atoms with E-state index < -0.39 is 6.43 Å². The van der Waals surface area contributed by atoms with Gasteiger partial charge in [0.2, 0.25) is 11.9 Å². The van der Waals surface area contributed by atoms with E-state index in [0.29, 0.717) is 5.95 Å². The van der Waals surface area contributed by atoms with Crippen LogP contribution in [0.1, 0.15) is 44.5 Å². The maximum Gasteiger partial charge on any atom is 0.280 e. The predicted octanol–water partition coefficient (Wildman–Crippen LogP) is 4.62. The van der Waals surface area contributed by atoms with Crippen LogP contribution in [0.3, 0.4) is 0 Å². The van der Waals surface area contributed by atoms with Crippen LogP contribution in [0.5, 0.6) is 0 Å². The molecule has 11 heteroatoms. The third-order valence-corrected chi connectivity index (χ3v) is 4.85. The number of halogens is 3. The third-order valence-electron chi connectivity index (χ3n) is 4.85. The van der Waals surface area contributed by atoms with Crippen LogP contribution in [-0.2, 0) is 10.3 Å². The van der Waals surface area contributed by atoms with Gasteiger partial charge in [-0.3, -0.25) is 9.69 Å². The van der Waals surface area contributed by atoms with Gasteiger partial charge in [-0.25, -0.2) is 13.8 Å². The SMILES string of the molecule is COC1(c2cc(Nc3nc(NC(C)C)nc(-c4cccc(C(F)F)n4)n3)ccn2)CC1.F. The van der Waals surface area contributed by atoms with Gasteiger partial charge in [0.1, 0.15) is 17.0 Å². The van der Waals surface area contributed by atoms with E-state index in [4.69, 9.17) is 4.74 Å². The van der Waals surface area contributed by atoms with Crippen LogP contribution in [0.2, 0.25) is 0 Å². The Kier molecular flexibility index (Phi) is 6.87. The van der Waals surface area contributed by atoms with Crippen molar-refractivity contribution in [3.63, 3.8) is 0 Å². The molecule has 0 saturated heterocycles. The molecule has 0 spiro atoms. The fourth-order valence-electron chi connectivity index (χ4n) is 3.13. The van der Waals surface area contributed by atoms with Gasteiger partial charge in [0, 0.05) is 25.0 Å². The summed E-state index contributed by atoms with van der Waals surface area (Å²) in [4.78, 5) is 21.6. The molecule has 1 fully saturated rings. The van der Waals surface area contributed by atoms with Gasteiger partial charge >= 0.3 is 0 Å². The van der Waals surface area contributed by atoms with E-state index >= 15 is 0 Å². The first kappa shape index (κ1) is 23.3. The molecule has 3 aromatic heterocycles. The zero-order valence-corrected chi connectivity index (χ0v) is 17.8. The molecule has 170 valence electrons. The van der Waals surface area contributed by atoms with Crippen LogP contribution >= 0.6 is 0 Å². The van der Waals surface area contributed by atoms with Crippen LogP contribution in [0.25, 0.3) is 11.5 Å². The molecular formula is C21H24F3N7O. The molecule has 3 aromatic rings. The predicted molar refractivity (Wildman–Crippen MR) is 115 cm³/mol. The molecule has 3 heterocycles. The summed E-state index contributed by atoms with van der Waals surface area (Å²) in [6, 6.07) is 8.11. The molecule has 1 saturated carbocycles. The number of hydrogen-bond acceptors (Lipinski definition) is 8. The maximum atomic E-state index is 13.1. The number of aromatic nitrogens is 5. The minimum absolute atomic E-state index is 0. The number of pyridine rings is 2. The Balaban J connectivity index is 0.00000289. The highest BCUT2D eigenvalue weighted by Crippen LogP contribution is 2.48. The fourth-order valence-corrected chi connectivity index (χ4v) is 3.13. The Morgan fingerprint density at radius 3 is 2.44 bits per heavy atom. The second kappa shape index (κ2) is 9.43. The molecule has 0 atom stereocenters. The molecular weight excluding hydrogens is 423 g/mol. The molecule has 0 aromatic carbocycles. The lowest BCUT2D eigenvalue weighted by atomic mass is 10.2. The van der Waals surface area contributed by atoms with Crippen LogP contribution in [0, 0.1) is 0 Å². The van der Waals surface area contributed by atoms with E-state index in [0.717, 1.165) is 24.2 Å². The van der Waals surface area contributed by atoms with Crippen molar-refractivity contribution in [1.82, 2.24) is 24.9 Å². The highest BCUT2D eigenvalue weighted by molar-refractivity contribution is 5.59. The largest absolute Gasteiger partial charge is 0.372 e. The second-order valence-electron chi connectivity index (χ2n) is 7.61. The van der Waals surface area contributed by atoms with Crippen molar-refractivity contribution in [1.29, 1.82) is 0 Å². The quantitative estimate of drug-likeness (QED) is 0.516. The monoisotopic (exact) mass is 447 g/mol. The van der Waals surface area contributed by atoms with Crippen molar-refractivity contribution in [2.24, 2.45) is 0 Å². The van der Waals surface area contributed by atoms with Crippen molar-refractivity contribution < 1.29 is 18.2 Å². The average Bonchev–Trinajstić information content (AvgIpc) is 3.55. The van der Waals surface area contributed by atoms with Gasteiger partial charge in [0.25, 0.3) is 6.43 Å². The van der Waals surface area contributed by atoms with Crippen LogP contribution < -0.4 is 10.6 Å². The smallest absolute Gasteiger partial charge is 0.280 e. The minimum atomic E-state index is -2.68. The molecule has 0 unspecified atom stereocenters. The summed E-state index contributed by atoms with van der Waals surface area (Å²) < 4.78 is 31.8. The fraction of sp³-hybridized carbons (Fsp3) is 0.381. The van der Waals surface area contributed by atoms with Crippen molar-refractivity contribution in [3.8, 4) is 11.5 Å². The van der Waals surface area contributed by atoms with E-state index in [1.165, 1.54) is 12.1 Å². The van der Waals surface area contributed by atoms with Gasteiger partial charge in [-0.1, -0.05) is 6.07 Å². The molecule has 32 heavy (non-hydrogen) atoms. The van der Waals surface area contributed by atoms with Gasteiger partial charge < -0.3 is 15.4 Å². The lowest BCUT2D eigenvalue weighted by molar-refractivity contribution is 0.0752. The lowest BCUT2D eigenvalue weighted by Gasteiger charge is -2.15. The zero-order chi connectivity index (χ0) is 22.0. The van der Waals surface area contributed by atoms with E-state index in [-0.39, 0.29) is 39.5 Å². The summed E-state index contributed by atoms with van der Waals surface area (Å²) in [7, 11) is 1.68. The van der Waals surface area contributed by atoms with E-state index in [9.17, 15) is 8.78 Å². The Labute approximate surface area is 183 Å². The Morgan fingerprint density at radius 1 is 1.03 bits per heavy atom. The molecule has 8 nitrogen and oxygen atoms in total. The molecule has 2 N–H and O–H groups in total. The van der Waals surface area contributed by atoms with Crippen molar-refractivity contribution in [2.75, 3.05) is 17.7 Å². The first-order chi connectivity index (χ1) is 14.9. The summed E-state index contributed by atoms with van der Waals surface area (Å²) in [5, 5.41) is 6.28. The minimum Gasteiger partial charge on any atom is -0.372 e. The van der Waals surface area contributed by atoms with Gasteiger partial charge in [-0.2, -0.15) is 15.0 Å². The highest BCUT2D eigenvalue weighted by Gasteiger charge is 2.46. The Morgan fingerprint density at radius 2 is 1.78 bits per heavy atom. The molecule has 1 aliphatic carbocycles. The first-order valence-corrected chi connectivity index (χ1v) is 9.95. The van der Waals surface area contributed by atoms with Crippen molar-refractivity contribution >= 4 is 17.6 Å². The number of rotatable bonds is 8. The molecule has 0 bridgehead atoms. The van der Waals surface area contributed by atoms with E-state index in [2.05, 4.69) is 35.6 Å². The summed E-state index contributed by atoms with van der Waals surface area (Å²) in [6.45, 7) is 3.89. The van der Waals surface area contributed by atoms with Crippen molar-refractivity contribution in [3.05, 3.63) is 47.9 Å². The van der Waals surface area contributed by atoms with E-state index in [1.54, 1.807) is 25.4 Å². The van der Waals surface area contributed by atoms with Gasteiger partial charge in [-0.15, -0.1) is 0 Å². The third kappa shape index (κ3) is 5.10. The zero-order valence-electron chi connectivity index (χ0n) is 17.8. The summed E-state index contributed by atoms with van der Waals surface area (Å²) in [5.74, 6) is 0.765. The number of anilines is 3. The Hall–Kier alpha value is -3.34. The number of nitrogens with one attached hydrogen (secondary N) is 2. The number of ether oxygens (including phenoxy) is 1. The second-order valence-corrected chi connectivity index (χ2v) is 7.61. The van der Waals surface area contributed by atoms with Gasteiger partial charge in [0.05, 0.1) is 5.69 Å². The van der Waals surface area contributed by atoms with Crippen molar-refractivity contribution in [2.45, 2.75) is 44.8 Å². The maximum absolute atomic E-state index is 13.1. The lowest BCUT2D eigenvalue weighted by Crippen LogP contribution is -2.15.